The Bertz CT molecular complexity index is 71.5. The molecule has 0 unspecified atom stereocenters. The van der Waals surface area contributed by atoms with E-state index in [1.165, 1.54) is 12.8 Å². The lowest BCUT2D eigenvalue weighted by Crippen LogP contribution is -1.91. The molecule has 0 atom stereocenters. The van der Waals surface area contributed by atoms with Gasteiger partial charge in [-0.3, -0.25) is 0 Å². The Morgan fingerprint density at radius 1 is 0.667 bits per heavy atom. The Balaban J connectivity index is 2.73. The predicted molar refractivity (Wildman–Crippen MR) is 58.1 cm³/mol. The third kappa shape index (κ3) is 10.6. The highest BCUT2D eigenvalue weighted by molar-refractivity contribution is 7.99. The molecule has 4 heteroatoms. The second-order valence-electron chi connectivity index (χ2n) is 2.38. The molecular weight excluding hydrogens is 192 g/mol. The molecule has 0 amide bonds. The summed E-state index contributed by atoms with van der Waals surface area (Å²) >= 11 is 3.62. The van der Waals surface area contributed by atoms with Crippen LogP contribution in [0.15, 0.2) is 0 Å². The normalized spacial score (nSPS) is 10.5. The highest BCUT2D eigenvalue weighted by atomic mass is 32.2. The minimum Gasteiger partial charge on any atom is -0.396 e. The summed E-state index contributed by atoms with van der Waals surface area (Å²) in [6.45, 7) is 0.591. The lowest BCUT2D eigenvalue weighted by Gasteiger charge is -1.99. The van der Waals surface area contributed by atoms with E-state index in [0.29, 0.717) is 13.2 Å². The summed E-state index contributed by atoms with van der Waals surface area (Å²) in [6, 6.07) is 0. The summed E-state index contributed by atoms with van der Waals surface area (Å²) < 4.78 is 0. The number of unbranched alkanes of at least 4 members (excludes halogenated alkanes) is 1. The molecule has 12 heavy (non-hydrogen) atoms. The molecule has 0 fully saturated rings. The van der Waals surface area contributed by atoms with Crippen molar-refractivity contribution in [1.82, 2.24) is 0 Å². The Kier molecular flexibility index (Phi) is 12.2. The van der Waals surface area contributed by atoms with Gasteiger partial charge in [-0.1, -0.05) is 0 Å². The van der Waals surface area contributed by atoms with E-state index in [1.807, 2.05) is 23.5 Å². The van der Waals surface area contributed by atoms with Crippen molar-refractivity contribution in [2.24, 2.45) is 0 Å². The largest absolute Gasteiger partial charge is 0.396 e. The molecular formula is C8H18O2S2. The number of rotatable bonds is 9. The van der Waals surface area contributed by atoms with E-state index in [9.17, 15) is 0 Å². The molecule has 74 valence electrons. The van der Waals surface area contributed by atoms with E-state index in [1.54, 1.807) is 0 Å². The molecule has 0 heterocycles. The minimum atomic E-state index is 0.296. The summed E-state index contributed by atoms with van der Waals surface area (Å²) in [5.41, 5.74) is 0. The van der Waals surface area contributed by atoms with E-state index in [4.69, 9.17) is 10.2 Å². The zero-order valence-corrected chi connectivity index (χ0v) is 9.00. The number of hydrogen-bond donors (Lipinski definition) is 2. The first-order chi connectivity index (χ1) is 5.91. The van der Waals surface area contributed by atoms with Crippen molar-refractivity contribution in [3.8, 4) is 0 Å². The third-order valence-corrected chi connectivity index (χ3v) is 3.40. The van der Waals surface area contributed by atoms with Crippen LogP contribution < -0.4 is 0 Å². The van der Waals surface area contributed by atoms with Crippen LogP contribution in [0.4, 0.5) is 0 Å². The number of thioether (sulfide) groups is 2. The van der Waals surface area contributed by atoms with Gasteiger partial charge in [0.1, 0.15) is 0 Å². The molecule has 0 spiro atoms. The number of aliphatic hydroxyl groups is 2. The molecule has 0 bridgehead atoms. The average molecular weight is 210 g/mol. The van der Waals surface area contributed by atoms with Crippen molar-refractivity contribution in [2.45, 2.75) is 12.8 Å². The van der Waals surface area contributed by atoms with Gasteiger partial charge in [0.25, 0.3) is 0 Å². The molecule has 0 aromatic rings. The van der Waals surface area contributed by atoms with E-state index >= 15 is 0 Å². The fraction of sp³-hybridized carbons (Fsp3) is 1.00. The molecule has 0 saturated heterocycles. The predicted octanol–water partition coefficient (Wildman–Crippen LogP) is 1.22. The quantitative estimate of drug-likeness (QED) is 0.561. The first-order valence-electron chi connectivity index (χ1n) is 4.29. The van der Waals surface area contributed by atoms with Gasteiger partial charge in [-0.15, -0.1) is 0 Å². The van der Waals surface area contributed by atoms with Crippen LogP contribution in [0.2, 0.25) is 0 Å². The van der Waals surface area contributed by atoms with Crippen LogP contribution in [0.5, 0.6) is 0 Å². The van der Waals surface area contributed by atoms with Crippen LogP contribution in [-0.2, 0) is 0 Å². The van der Waals surface area contributed by atoms with Crippen LogP contribution in [-0.4, -0.2) is 46.4 Å². The van der Waals surface area contributed by atoms with Gasteiger partial charge < -0.3 is 10.2 Å². The van der Waals surface area contributed by atoms with E-state index in [-0.39, 0.29) is 0 Å². The lowest BCUT2D eigenvalue weighted by atomic mass is 10.4. The Labute approximate surface area is 83.1 Å². The van der Waals surface area contributed by atoms with E-state index in [0.717, 1.165) is 23.0 Å². The second-order valence-corrected chi connectivity index (χ2v) is 4.83. The first-order valence-corrected chi connectivity index (χ1v) is 6.60. The van der Waals surface area contributed by atoms with Crippen LogP contribution >= 0.6 is 23.5 Å². The summed E-state index contributed by atoms with van der Waals surface area (Å²) in [5.74, 6) is 4.04. The van der Waals surface area contributed by atoms with Crippen LogP contribution in [0.1, 0.15) is 12.8 Å². The summed E-state index contributed by atoms with van der Waals surface area (Å²) in [5, 5.41) is 17.0. The maximum atomic E-state index is 8.49. The monoisotopic (exact) mass is 210 g/mol. The van der Waals surface area contributed by atoms with Crippen molar-refractivity contribution in [1.29, 1.82) is 0 Å². The smallest absolute Gasteiger partial charge is 0.0521 e. The average Bonchev–Trinajstić information content (AvgIpc) is 2.10. The molecule has 2 nitrogen and oxygen atoms in total. The van der Waals surface area contributed by atoms with Crippen LogP contribution in [0.25, 0.3) is 0 Å². The molecule has 0 aromatic carbocycles. The summed E-state index contributed by atoms with van der Waals surface area (Å²) in [7, 11) is 0. The van der Waals surface area contributed by atoms with Gasteiger partial charge in [-0.25, -0.2) is 0 Å². The van der Waals surface area contributed by atoms with Gasteiger partial charge in [0.2, 0.25) is 0 Å². The van der Waals surface area contributed by atoms with Gasteiger partial charge in [0, 0.05) is 11.5 Å². The van der Waals surface area contributed by atoms with Crippen molar-refractivity contribution in [3.63, 3.8) is 0 Å². The molecule has 0 aliphatic carbocycles. The maximum absolute atomic E-state index is 8.49. The fourth-order valence-electron chi connectivity index (χ4n) is 0.741. The van der Waals surface area contributed by atoms with Crippen molar-refractivity contribution >= 4 is 23.5 Å². The lowest BCUT2D eigenvalue weighted by molar-refractivity contribution is 0.322. The van der Waals surface area contributed by atoms with Crippen molar-refractivity contribution in [3.05, 3.63) is 0 Å². The minimum absolute atomic E-state index is 0.296. The van der Waals surface area contributed by atoms with Crippen molar-refractivity contribution in [2.75, 3.05) is 36.2 Å². The Morgan fingerprint density at radius 3 is 1.42 bits per heavy atom. The first kappa shape index (κ1) is 12.6. The molecule has 0 rings (SSSR count). The van der Waals surface area contributed by atoms with Crippen LogP contribution in [0.3, 0.4) is 0 Å². The van der Waals surface area contributed by atoms with Crippen LogP contribution in [0, 0.1) is 0 Å². The molecule has 0 aromatic heterocycles. The SMILES string of the molecule is OCCSCCCCSCCO. The second kappa shape index (κ2) is 11.6. The van der Waals surface area contributed by atoms with E-state index in [2.05, 4.69) is 0 Å². The van der Waals surface area contributed by atoms with Gasteiger partial charge in [-0.05, 0) is 24.3 Å². The molecule has 0 saturated carbocycles. The van der Waals surface area contributed by atoms with Gasteiger partial charge in [0.15, 0.2) is 0 Å². The van der Waals surface area contributed by atoms with Gasteiger partial charge in [0.05, 0.1) is 13.2 Å². The zero-order chi connectivity index (χ0) is 9.07. The van der Waals surface area contributed by atoms with E-state index < -0.39 is 0 Å². The highest BCUT2D eigenvalue weighted by Gasteiger charge is 1.90. The molecule has 0 aliphatic rings. The maximum Gasteiger partial charge on any atom is 0.0521 e. The summed E-state index contributed by atoms with van der Waals surface area (Å²) in [4.78, 5) is 0. The Hall–Kier alpha value is 0.620. The summed E-state index contributed by atoms with van der Waals surface area (Å²) in [6.07, 6.45) is 2.45. The molecule has 0 aliphatic heterocycles. The Morgan fingerprint density at radius 2 is 1.08 bits per heavy atom. The third-order valence-electron chi connectivity index (χ3n) is 1.30. The fourth-order valence-corrected chi connectivity index (χ4v) is 2.22. The standard InChI is InChI=1S/C8H18O2S2/c9-3-7-11-5-1-2-6-12-8-4-10/h9-10H,1-8H2. The molecule has 0 radical (unpaired) electrons. The topological polar surface area (TPSA) is 40.5 Å². The zero-order valence-electron chi connectivity index (χ0n) is 7.37. The highest BCUT2D eigenvalue weighted by Crippen LogP contribution is 2.07. The van der Waals surface area contributed by atoms with Gasteiger partial charge in [-0.2, -0.15) is 23.5 Å². The van der Waals surface area contributed by atoms with Crippen molar-refractivity contribution < 1.29 is 10.2 Å². The number of aliphatic hydroxyl groups excluding tert-OH is 2. The molecule has 2 N–H and O–H groups in total. The number of hydrogen-bond acceptors (Lipinski definition) is 4. The van der Waals surface area contributed by atoms with Gasteiger partial charge >= 0.3 is 0 Å².